The number of ether oxygens (including phenoxy) is 1. The number of aliphatic hydroxyl groups is 1. The number of nitrogens with one attached hydrogen (secondary N) is 2. The SMILES string of the molecule is CC(C)(C)OC(=O)N1CCC[C@@](O)(N(CC(=O)Nc2ccc3c(c2)C[C@@]2(C3)C(=O)Nc3ncccc32)C(=O)C2(C(F)(F)F)CCC2)C1. The summed E-state index contributed by atoms with van der Waals surface area (Å²) in [5, 5.41) is 17.3. The highest BCUT2D eigenvalue weighted by Crippen LogP contribution is 2.55. The van der Waals surface area contributed by atoms with Gasteiger partial charge in [0.25, 0.3) is 0 Å². The monoisotopic (exact) mass is 657 g/mol. The van der Waals surface area contributed by atoms with Crippen LogP contribution >= 0.6 is 0 Å². The summed E-state index contributed by atoms with van der Waals surface area (Å²) < 4.78 is 48.5. The van der Waals surface area contributed by atoms with Gasteiger partial charge < -0.3 is 30.3 Å². The number of amides is 4. The molecule has 0 unspecified atom stereocenters. The second kappa shape index (κ2) is 11.2. The van der Waals surface area contributed by atoms with Gasteiger partial charge in [-0.25, -0.2) is 9.78 Å². The molecule has 4 aliphatic rings. The minimum absolute atomic E-state index is 0.140. The minimum atomic E-state index is -4.90. The Bertz CT molecular complexity index is 1640. The summed E-state index contributed by atoms with van der Waals surface area (Å²) in [4.78, 5) is 59.2. The molecule has 2 atom stereocenters. The molecule has 11 nitrogen and oxygen atoms in total. The number of anilines is 2. The third-order valence-electron chi connectivity index (χ3n) is 9.77. The van der Waals surface area contributed by atoms with Crippen LogP contribution in [0.5, 0.6) is 0 Å². The number of benzene rings is 1. The molecule has 0 radical (unpaired) electrons. The number of pyridine rings is 1. The molecule has 14 heteroatoms. The Kier molecular flexibility index (Phi) is 7.80. The molecule has 47 heavy (non-hydrogen) atoms. The maximum atomic E-state index is 14.4. The highest BCUT2D eigenvalue weighted by molar-refractivity contribution is 6.06. The highest BCUT2D eigenvalue weighted by Gasteiger charge is 2.66. The van der Waals surface area contributed by atoms with Gasteiger partial charge in [0.05, 0.1) is 12.0 Å². The third-order valence-corrected chi connectivity index (χ3v) is 9.77. The quantitative estimate of drug-likeness (QED) is 0.408. The van der Waals surface area contributed by atoms with Crippen LogP contribution in [-0.4, -0.2) is 80.8 Å². The van der Waals surface area contributed by atoms with E-state index in [0.29, 0.717) is 29.2 Å². The number of piperidine rings is 1. The van der Waals surface area contributed by atoms with Crippen LogP contribution < -0.4 is 10.6 Å². The van der Waals surface area contributed by atoms with E-state index in [0.717, 1.165) is 21.6 Å². The Labute approximate surface area is 269 Å². The van der Waals surface area contributed by atoms with Gasteiger partial charge in [-0.2, -0.15) is 13.2 Å². The molecular formula is C33H38F3N5O6. The predicted octanol–water partition coefficient (Wildman–Crippen LogP) is 4.29. The van der Waals surface area contributed by atoms with Crippen molar-refractivity contribution in [2.75, 3.05) is 30.3 Å². The molecule has 2 aliphatic carbocycles. The molecule has 1 saturated carbocycles. The molecular weight excluding hydrogens is 619 g/mol. The molecule has 3 N–H and O–H groups in total. The standard InChI is InChI=1S/C33H38F3N5O6/c1-29(2,3)47-28(45)40-14-6-12-32(46,19-40)41(27(44)31(10-5-11-31)33(34,35)36)18-24(42)38-22-9-8-20-16-30(17-21(20)15-22)23-7-4-13-37-25(23)39-26(30)43/h4,7-9,13,15,46H,5-6,10-12,14,16-19H2,1-3H3,(H,38,42)(H,37,39,43)/t30-,32+/m1/s1. The van der Waals surface area contributed by atoms with E-state index >= 15 is 0 Å². The average Bonchev–Trinajstić information content (AvgIpc) is 3.46. The minimum Gasteiger partial charge on any atom is -0.444 e. The third kappa shape index (κ3) is 5.70. The predicted molar refractivity (Wildman–Crippen MR) is 163 cm³/mol. The number of likely N-dealkylation sites (tertiary alicyclic amines) is 1. The van der Waals surface area contributed by atoms with Crippen molar-refractivity contribution in [1.29, 1.82) is 0 Å². The molecule has 4 amide bonds. The fourth-order valence-corrected chi connectivity index (χ4v) is 7.22. The molecule has 3 heterocycles. The molecule has 1 aromatic heterocycles. The zero-order valence-corrected chi connectivity index (χ0v) is 26.5. The summed E-state index contributed by atoms with van der Waals surface area (Å²) >= 11 is 0. The van der Waals surface area contributed by atoms with Crippen LogP contribution in [0.4, 0.5) is 29.5 Å². The van der Waals surface area contributed by atoms with Gasteiger partial charge in [-0.1, -0.05) is 18.6 Å². The Balaban J connectivity index is 1.24. The van der Waals surface area contributed by atoms with E-state index in [-0.39, 0.29) is 31.7 Å². The number of nitrogens with zero attached hydrogens (tertiary/aromatic N) is 3. The lowest BCUT2D eigenvalue weighted by atomic mass is 9.66. The highest BCUT2D eigenvalue weighted by atomic mass is 19.4. The molecule has 0 bridgehead atoms. The molecule has 1 aromatic carbocycles. The first-order valence-corrected chi connectivity index (χ1v) is 15.7. The second-order valence-corrected chi connectivity index (χ2v) is 14.1. The number of hydrogen-bond acceptors (Lipinski definition) is 7. The molecule has 2 fully saturated rings. The van der Waals surface area contributed by atoms with E-state index in [4.69, 9.17) is 4.74 Å². The molecule has 2 aliphatic heterocycles. The zero-order valence-electron chi connectivity index (χ0n) is 26.5. The Morgan fingerprint density at radius 3 is 2.47 bits per heavy atom. The summed E-state index contributed by atoms with van der Waals surface area (Å²) in [6.07, 6.45) is -4.02. The molecule has 1 saturated heterocycles. The van der Waals surface area contributed by atoms with Gasteiger partial charge in [-0.15, -0.1) is 0 Å². The van der Waals surface area contributed by atoms with E-state index in [9.17, 15) is 37.5 Å². The normalized spacial score (nSPS) is 24.6. The lowest BCUT2D eigenvalue weighted by Gasteiger charge is -2.51. The number of β-amino-alcohol motifs (C(OH)–C–C–N with tert-alkyl or cyclic N) is 1. The summed E-state index contributed by atoms with van der Waals surface area (Å²) in [5.74, 6) is -1.87. The van der Waals surface area contributed by atoms with E-state index in [2.05, 4.69) is 15.6 Å². The summed E-state index contributed by atoms with van der Waals surface area (Å²) in [7, 11) is 0. The molecule has 252 valence electrons. The number of aromatic nitrogens is 1. The number of fused-ring (bicyclic) bond motifs is 3. The number of carbonyl (C=O) groups excluding carboxylic acids is 4. The van der Waals surface area contributed by atoms with E-state index in [1.54, 1.807) is 51.2 Å². The van der Waals surface area contributed by atoms with Crippen molar-refractivity contribution in [1.82, 2.24) is 14.8 Å². The maximum absolute atomic E-state index is 14.4. The van der Waals surface area contributed by atoms with Crippen LogP contribution in [0.1, 0.15) is 69.6 Å². The topological polar surface area (TPSA) is 141 Å². The summed E-state index contributed by atoms with van der Waals surface area (Å²) in [6.45, 7) is 3.73. The first kappa shape index (κ1) is 32.7. The van der Waals surface area contributed by atoms with E-state index in [1.807, 2.05) is 6.07 Å². The van der Waals surface area contributed by atoms with Crippen molar-refractivity contribution in [3.05, 3.63) is 53.2 Å². The smallest absolute Gasteiger partial charge is 0.410 e. The summed E-state index contributed by atoms with van der Waals surface area (Å²) in [6, 6.07) is 8.74. The lowest BCUT2D eigenvalue weighted by molar-refractivity contribution is -0.258. The van der Waals surface area contributed by atoms with Crippen LogP contribution in [0.25, 0.3) is 0 Å². The van der Waals surface area contributed by atoms with Crippen molar-refractivity contribution >= 4 is 35.3 Å². The van der Waals surface area contributed by atoms with Gasteiger partial charge in [0.2, 0.25) is 17.7 Å². The van der Waals surface area contributed by atoms with Crippen molar-refractivity contribution in [2.45, 2.75) is 88.6 Å². The number of alkyl halides is 3. The lowest BCUT2D eigenvalue weighted by Crippen LogP contribution is -2.67. The van der Waals surface area contributed by atoms with Crippen molar-refractivity contribution in [2.24, 2.45) is 5.41 Å². The Hall–Kier alpha value is -4.20. The number of rotatable bonds is 5. The van der Waals surface area contributed by atoms with Gasteiger partial charge in [-0.3, -0.25) is 14.4 Å². The largest absolute Gasteiger partial charge is 0.444 e. The maximum Gasteiger partial charge on any atom is 0.410 e. The molecule has 2 aromatic rings. The second-order valence-electron chi connectivity index (χ2n) is 14.1. The fraction of sp³-hybridized carbons (Fsp3) is 0.545. The number of carbonyl (C=O) groups is 4. The van der Waals surface area contributed by atoms with Gasteiger partial charge in [0.15, 0.2) is 5.72 Å². The summed E-state index contributed by atoms with van der Waals surface area (Å²) in [5.41, 5.74) is -3.86. The first-order valence-electron chi connectivity index (χ1n) is 15.7. The number of hydrogen-bond donors (Lipinski definition) is 3. The van der Waals surface area contributed by atoms with E-state index in [1.165, 1.54) is 0 Å². The fourth-order valence-electron chi connectivity index (χ4n) is 7.22. The Morgan fingerprint density at radius 1 is 1.09 bits per heavy atom. The average molecular weight is 658 g/mol. The van der Waals surface area contributed by atoms with Gasteiger partial charge >= 0.3 is 12.3 Å². The van der Waals surface area contributed by atoms with Crippen LogP contribution in [-0.2, 0) is 37.4 Å². The van der Waals surface area contributed by atoms with Crippen LogP contribution in [0.3, 0.4) is 0 Å². The first-order chi connectivity index (χ1) is 22.0. The zero-order chi connectivity index (χ0) is 34.0. The van der Waals surface area contributed by atoms with Crippen LogP contribution in [0.15, 0.2) is 36.5 Å². The Morgan fingerprint density at radius 2 is 1.81 bits per heavy atom. The van der Waals surface area contributed by atoms with E-state index < -0.39 is 72.2 Å². The van der Waals surface area contributed by atoms with Crippen LogP contribution in [0.2, 0.25) is 0 Å². The van der Waals surface area contributed by atoms with Gasteiger partial charge in [0.1, 0.15) is 23.4 Å². The van der Waals surface area contributed by atoms with Gasteiger partial charge in [-0.05, 0) is 88.6 Å². The number of halogens is 3. The van der Waals surface area contributed by atoms with Crippen LogP contribution in [0, 0.1) is 5.41 Å². The van der Waals surface area contributed by atoms with Gasteiger partial charge in [0, 0.05) is 24.0 Å². The molecule has 1 spiro atoms. The molecule has 6 rings (SSSR count). The van der Waals surface area contributed by atoms with Crippen molar-refractivity contribution < 1.29 is 42.2 Å². The van der Waals surface area contributed by atoms with Crippen molar-refractivity contribution in [3.8, 4) is 0 Å². The van der Waals surface area contributed by atoms with Crippen molar-refractivity contribution in [3.63, 3.8) is 0 Å².